The molecule has 1 N–H and O–H groups in total. The fourth-order valence-corrected chi connectivity index (χ4v) is 3.39. The maximum atomic E-state index is 5.48. The van der Waals surface area contributed by atoms with Gasteiger partial charge in [0.1, 0.15) is 5.75 Å². The van der Waals surface area contributed by atoms with E-state index in [1.807, 2.05) is 6.07 Å². The van der Waals surface area contributed by atoms with Crippen molar-refractivity contribution in [3.63, 3.8) is 0 Å². The Kier molecular flexibility index (Phi) is 7.00. The predicted molar refractivity (Wildman–Crippen MR) is 89.9 cm³/mol. The molecule has 0 spiro atoms. The van der Waals surface area contributed by atoms with Crippen molar-refractivity contribution in [1.82, 2.24) is 5.32 Å². The normalized spacial score (nSPS) is 17.7. The van der Waals surface area contributed by atoms with Crippen LogP contribution >= 0.6 is 15.9 Å². The highest BCUT2D eigenvalue weighted by atomic mass is 79.9. The van der Waals surface area contributed by atoms with Crippen LogP contribution in [-0.2, 0) is 4.74 Å². The van der Waals surface area contributed by atoms with E-state index >= 15 is 0 Å². The predicted octanol–water partition coefficient (Wildman–Crippen LogP) is 4.32. The van der Waals surface area contributed by atoms with Crippen molar-refractivity contribution in [3.05, 3.63) is 28.2 Å². The van der Waals surface area contributed by atoms with Gasteiger partial charge in [0.15, 0.2) is 0 Å². The van der Waals surface area contributed by atoms with Crippen LogP contribution in [0.15, 0.2) is 22.7 Å². The highest BCUT2D eigenvalue weighted by Gasteiger charge is 2.22. The first-order valence-electron chi connectivity index (χ1n) is 7.89. The molecule has 0 saturated carbocycles. The minimum atomic E-state index is 0.373. The summed E-state index contributed by atoms with van der Waals surface area (Å²) in [5.41, 5.74) is 1.30. The largest absolute Gasteiger partial charge is 0.497 e. The summed E-state index contributed by atoms with van der Waals surface area (Å²) in [5.74, 6) is 1.66. The number of nitrogens with one attached hydrogen (secondary N) is 1. The lowest BCUT2D eigenvalue weighted by atomic mass is 9.89. The van der Waals surface area contributed by atoms with Crippen LogP contribution in [0.3, 0.4) is 0 Å². The zero-order valence-corrected chi connectivity index (χ0v) is 14.6. The first kappa shape index (κ1) is 16.8. The zero-order chi connectivity index (χ0) is 15.1. The summed E-state index contributed by atoms with van der Waals surface area (Å²) >= 11 is 3.70. The summed E-state index contributed by atoms with van der Waals surface area (Å²) in [6.45, 7) is 5.06. The third kappa shape index (κ3) is 4.97. The number of rotatable bonds is 7. The third-order valence-electron chi connectivity index (χ3n) is 4.13. The van der Waals surface area contributed by atoms with Crippen LogP contribution < -0.4 is 10.1 Å². The fraction of sp³-hybridized carbons (Fsp3) is 0.647. The number of ether oxygens (including phenoxy) is 2. The van der Waals surface area contributed by atoms with Gasteiger partial charge in [-0.15, -0.1) is 0 Å². The minimum absolute atomic E-state index is 0.373. The van der Waals surface area contributed by atoms with Gasteiger partial charge in [0, 0.05) is 23.7 Å². The second-order valence-corrected chi connectivity index (χ2v) is 6.54. The van der Waals surface area contributed by atoms with Gasteiger partial charge in [-0.2, -0.15) is 0 Å². The van der Waals surface area contributed by atoms with Crippen molar-refractivity contribution in [3.8, 4) is 5.75 Å². The molecule has 0 bridgehead atoms. The first-order valence-corrected chi connectivity index (χ1v) is 8.68. The summed E-state index contributed by atoms with van der Waals surface area (Å²) in [7, 11) is 1.72. The number of benzene rings is 1. The monoisotopic (exact) mass is 355 g/mol. The average Bonchev–Trinajstić information content (AvgIpc) is 2.53. The Labute approximate surface area is 136 Å². The Morgan fingerprint density at radius 1 is 1.38 bits per heavy atom. The van der Waals surface area contributed by atoms with E-state index in [-0.39, 0.29) is 0 Å². The molecule has 1 saturated heterocycles. The van der Waals surface area contributed by atoms with Crippen molar-refractivity contribution in [2.45, 2.75) is 38.6 Å². The minimum Gasteiger partial charge on any atom is -0.497 e. The van der Waals surface area contributed by atoms with Crippen LogP contribution in [0.1, 0.15) is 44.2 Å². The summed E-state index contributed by atoms with van der Waals surface area (Å²) in [6.07, 6.45) is 4.65. The molecule has 0 aliphatic carbocycles. The highest BCUT2D eigenvalue weighted by Crippen LogP contribution is 2.33. The maximum absolute atomic E-state index is 5.48. The van der Waals surface area contributed by atoms with Gasteiger partial charge >= 0.3 is 0 Å². The Morgan fingerprint density at radius 3 is 2.81 bits per heavy atom. The Hall–Kier alpha value is -0.580. The van der Waals surface area contributed by atoms with E-state index < -0.39 is 0 Å². The molecular formula is C17H26BrNO2. The molecule has 0 amide bonds. The molecule has 21 heavy (non-hydrogen) atoms. The summed E-state index contributed by atoms with van der Waals surface area (Å²) in [5, 5.41) is 3.70. The van der Waals surface area contributed by atoms with E-state index in [2.05, 4.69) is 40.3 Å². The Morgan fingerprint density at radius 2 is 2.14 bits per heavy atom. The molecule has 0 radical (unpaired) electrons. The van der Waals surface area contributed by atoms with E-state index in [9.17, 15) is 0 Å². The van der Waals surface area contributed by atoms with Gasteiger partial charge in [0.05, 0.1) is 7.11 Å². The van der Waals surface area contributed by atoms with E-state index in [0.29, 0.717) is 6.04 Å². The molecule has 0 aromatic heterocycles. The lowest BCUT2D eigenvalue weighted by Crippen LogP contribution is -2.27. The lowest BCUT2D eigenvalue weighted by Gasteiger charge is -2.28. The van der Waals surface area contributed by atoms with Crippen molar-refractivity contribution in [1.29, 1.82) is 0 Å². The van der Waals surface area contributed by atoms with Crippen LogP contribution in [0.25, 0.3) is 0 Å². The molecule has 1 fully saturated rings. The van der Waals surface area contributed by atoms with Crippen LogP contribution in [0, 0.1) is 5.92 Å². The number of hydrogen-bond donors (Lipinski definition) is 1. The summed E-state index contributed by atoms with van der Waals surface area (Å²) in [6, 6.07) is 6.60. The number of hydrogen-bond acceptors (Lipinski definition) is 3. The second-order valence-electron chi connectivity index (χ2n) is 5.69. The SMILES string of the molecule is CCCNC(CC1CCOCC1)c1cc(OC)ccc1Br. The smallest absolute Gasteiger partial charge is 0.119 e. The quantitative estimate of drug-likeness (QED) is 0.790. The summed E-state index contributed by atoms with van der Waals surface area (Å²) < 4.78 is 12.0. The van der Waals surface area contributed by atoms with Crippen molar-refractivity contribution < 1.29 is 9.47 Å². The molecule has 4 heteroatoms. The molecule has 1 aliphatic heterocycles. The van der Waals surface area contributed by atoms with Crippen LogP contribution in [0.2, 0.25) is 0 Å². The molecule has 118 valence electrons. The summed E-state index contributed by atoms with van der Waals surface area (Å²) in [4.78, 5) is 0. The average molecular weight is 356 g/mol. The molecule has 1 aromatic carbocycles. The number of halogens is 1. The van der Waals surface area contributed by atoms with Crippen molar-refractivity contribution >= 4 is 15.9 Å². The van der Waals surface area contributed by atoms with Gasteiger partial charge in [-0.05, 0) is 61.9 Å². The van der Waals surface area contributed by atoms with Crippen molar-refractivity contribution in [2.24, 2.45) is 5.92 Å². The Bertz CT molecular complexity index is 433. The highest BCUT2D eigenvalue weighted by molar-refractivity contribution is 9.10. The van der Waals surface area contributed by atoms with Gasteiger partial charge in [-0.1, -0.05) is 22.9 Å². The molecule has 1 aromatic rings. The van der Waals surface area contributed by atoms with Gasteiger partial charge in [0.2, 0.25) is 0 Å². The van der Waals surface area contributed by atoms with Crippen molar-refractivity contribution in [2.75, 3.05) is 26.9 Å². The Balaban J connectivity index is 2.13. The van der Waals surface area contributed by atoms with Gasteiger partial charge in [-0.25, -0.2) is 0 Å². The fourth-order valence-electron chi connectivity index (χ4n) is 2.87. The molecule has 2 rings (SSSR count). The van der Waals surface area contributed by atoms with E-state index in [1.54, 1.807) is 7.11 Å². The second kappa shape index (κ2) is 8.76. The van der Waals surface area contributed by atoms with E-state index in [0.717, 1.165) is 48.7 Å². The lowest BCUT2D eigenvalue weighted by molar-refractivity contribution is 0.0605. The zero-order valence-electron chi connectivity index (χ0n) is 13.0. The van der Waals surface area contributed by atoms with Gasteiger partial charge in [0.25, 0.3) is 0 Å². The van der Waals surface area contributed by atoms with Crippen LogP contribution in [0.4, 0.5) is 0 Å². The molecular weight excluding hydrogens is 330 g/mol. The van der Waals surface area contributed by atoms with Gasteiger partial charge < -0.3 is 14.8 Å². The van der Waals surface area contributed by atoms with E-state index in [1.165, 1.54) is 18.4 Å². The molecule has 1 heterocycles. The van der Waals surface area contributed by atoms with Crippen LogP contribution in [-0.4, -0.2) is 26.9 Å². The topological polar surface area (TPSA) is 30.5 Å². The number of methoxy groups -OCH3 is 1. The molecule has 1 unspecified atom stereocenters. The molecule has 1 atom stereocenters. The van der Waals surface area contributed by atoms with Gasteiger partial charge in [-0.3, -0.25) is 0 Å². The third-order valence-corrected chi connectivity index (χ3v) is 4.85. The van der Waals surface area contributed by atoms with Crippen LogP contribution in [0.5, 0.6) is 5.75 Å². The maximum Gasteiger partial charge on any atom is 0.119 e. The van der Waals surface area contributed by atoms with E-state index in [4.69, 9.17) is 9.47 Å². The molecule has 3 nitrogen and oxygen atoms in total. The first-order chi connectivity index (χ1) is 10.2. The standard InChI is InChI=1S/C17H26BrNO2/c1-3-8-19-17(11-13-6-9-21-10-7-13)15-12-14(20-2)4-5-16(15)18/h4-5,12-13,17,19H,3,6-11H2,1-2H3. The molecule has 1 aliphatic rings.